The number of amides is 1. The van der Waals surface area contributed by atoms with Crippen LogP contribution in [0.3, 0.4) is 0 Å². The van der Waals surface area contributed by atoms with E-state index in [-0.39, 0.29) is 23.9 Å². The van der Waals surface area contributed by atoms with E-state index in [9.17, 15) is 9.18 Å². The van der Waals surface area contributed by atoms with Crippen LogP contribution in [-0.2, 0) is 0 Å². The van der Waals surface area contributed by atoms with Gasteiger partial charge in [0.2, 0.25) is 0 Å². The minimum absolute atomic E-state index is 0.211. The van der Waals surface area contributed by atoms with Crippen LogP contribution in [0.2, 0.25) is 0 Å². The normalized spacial score (nSPS) is 19.4. The topological polar surface area (TPSA) is 57.5 Å². The lowest BCUT2D eigenvalue weighted by atomic mass is 10.0. The minimum Gasteiger partial charge on any atom is -0.311 e. The van der Waals surface area contributed by atoms with Crippen molar-refractivity contribution in [3.63, 3.8) is 0 Å². The molecule has 1 saturated heterocycles. The second kappa shape index (κ2) is 10.8. The molecule has 1 aromatic heterocycles. The molecule has 2 heterocycles. The highest BCUT2D eigenvalue weighted by atomic mass is 19.1. The SMILES string of the molecule is C=CCN1C[C@@H](C)N(C(c2cccc(C(=O)N(C)c3cccc(F)c3)c2)n2nnc3ccccc32)C[C@@H]1C. The van der Waals surface area contributed by atoms with Gasteiger partial charge in [0.25, 0.3) is 5.91 Å². The van der Waals surface area contributed by atoms with Gasteiger partial charge in [0.05, 0.1) is 5.52 Å². The first-order chi connectivity index (χ1) is 18.4. The summed E-state index contributed by atoms with van der Waals surface area (Å²) in [5.74, 6) is -0.593. The molecule has 1 amide bonds. The molecule has 0 saturated carbocycles. The number of carbonyl (C=O) groups is 1. The second-order valence-electron chi connectivity index (χ2n) is 10.0. The van der Waals surface area contributed by atoms with Crippen molar-refractivity contribution in [2.45, 2.75) is 32.1 Å². The quantitative estimate of drug-likeness (QED) is 0.327. The molecule has 196 valence electrons. The van der Waals surface area contributed by atoms with Crippen LogP contribution in [0.15, 0.2) is 85.5 Å². The predicted octanol–water partition coefficient (Wildman–Crippen LogP) is 4.97. The molecule has 3 aromatic carbocycles. The predicted molar refractivity (Wildman–Crippen MR) is 149 cm³/mol. The van der Waals surface area contributed by atoms with Gasteiger partial charge in [-0.1, -0.05) is 41.6 Å². The van der Waals surface area contributed by atoms with Gasteiger partial charge >= 0.3 is 0 Å². The van der Waals surface area contributed by atoms with Gasteiger partial charge in [0.15, 0.2) is 0 Å². The first-order valence-corrected chi connectivity index (χ1v) is 12.9. The molecule has 3 atom stereocenters. The molecule has 4 aromatic rings. The number of benzene rings is 3. The van der Waals surface area contributed by atoms with E-state index in [0.29, 0.717) is 17.3 Å². The van der Waals surface area contributed by atoms with E-state index in [4.69, 9.17) is 0 Å². The van der Waals surface area contributed by atoms with E-state index < -0.39 is 0 Å². The molecule has 1 unspecified atom stereocenters. The lowest BCUT2D eigenvalue weighted by Gasteiger charge is -2.47. The highest BCUT2D eigenvalue weighted by molar-refractivity contribution is 6.05. The Hall–Kier alpha value is -3.88. The number of rotatable bonds is 7. The summed E-state index contributed by atoms with van der Waals surface area (Å²) >= 11 is 0. The Kier molecular flexibility index (Phi) is 7.35. The van der Waals surface area contributed by atoms with Gasteiger partial charge < -0.3 is 4.90 Å². The average Bonchev–Trinajstić information content (AvgIpc) is 3.35. The lowest BCUT2D eigenvalue weighted by molar-refractivity contribution is 0.00786. The van der Waals surface area contributed by atoms with E-state index in [2.05, 4.69) is 40.5 Å². The molecule has 38 heavy (non-hydrogen) atoms. The average molecular weight is 513 g/mol. The maximum atomic E-state index is 13.8. The van der Waals surface area contributed by atoms with Gasteiger partial charge in [-0.15, -0.1) is 11.7 Å². The largest absolute Gasteiger partial charge is 0.311 e. The zero-order chi connectivity index (χ0) is 26.8. The molecule has 0 N–H and O–H groups in total. The number of nitrogens with zero attached hydrogens (tertiary/aromatic N) is 6. The fourth-order valence-corrected chi connectivity index (χ4v) is 5.35. The van der Waals surface area contributed by atoms with Gasteiger partial charge in [0, 0.05) is 50.0 Å². The van der Waals surface area contributed by atoms with Crippen LogP contribution in [0.4, 0.5) is 10.1 Å². The summed E-state index contributed by atoms with van der Waals surface area (Å²) in [5, 5.41) is 9.02. The van der Waals surface area contributed by atoms with Crippen molar-refractivity contribution in [3.8, 4) is 0 Å². The molecule has 0 aliphatic carbocycles. The Morgan fingerprint density at radius 3 is 2.66 bits per heavy atom. The van der Waals surface area contributed by atoms with Crippen LogP contribution >= 0.6 is 0 Å². The summed E-state index contributed by atoms with van der Waals surface area (Å²) in [4.78, 5) is 19.8. The molecular formula is C30H33FN6O. The number of carbonyl (C=O) groups excluding carboxylic acids is 1. The van der Waals surface area contributed by atoms with Crippen LogP contribution in [0, 0.1) is 5.82 Å². The molecule has 1 fully saturated rings. The summed E-state index contributed by atoms with van der Waals surface area (Å²) in [5.41, 5.74) is 3.71. The van der Waals surface area contributed by atoms with Gasteiger partial charge in [0.1, 0.15) is 17.5 Å². The van der Waals surface area contributed by atoms with Gasteiger partial charge in [-0.05, 0) is 61.9 Å². The first-order valence-electron chi connectivity index (χ1n) is 12.9. The van der Waals surface area contributed by atoms with Crippen molar-refractivity contribution in [3.05, 3.63) is 102 Å². The third kappa shape index (κ3) is 4.97. The third-order valence-electron chi connectivity index (χ3n) is 7.38. The molecule has 1 aliphatic heterocycles. The maximum absolute atomic E-state index is 13.8. The second-order valence-corrected chi connectivity index (χ2v) is 10.0. The van der Waals surface area contributed by atoms with Gasteiger partial charge in [-0.3, -0.25) is 14.6 Å². The Morgan fingerprint density at radius 1 is 1.08 bits per heavy atom. The molecule has 0 spiro atoms. The number of hydrogen-bond acceptors (Lipinski definition) is 5. The molecule has 0 radical (unpaired) electrons. The fourth-order valence-electron chi connectivity index (χ4n) is 5.35. The summed E-state index contributed by atoms with van der Waals surface area (Å²) in [6.07, 6.45) is 1.68. The van der Waals surface area contributed by atoms with Crippen molar-refractivity contribution >= 4 is 22.6 Å². The molecular weight excluding hydrogens is 479 g/mol. The van der Waals surface area contributed by atoms with E-state index in [1.807, 2.05) is 53.2 Å². The zero-order valence-electron chi connectivity index (χ0n) is 22.0. The molecule has 0 bridgehead atoms. The van der Waals surface area contributed by atoms with E-state index in [0.717, 1.165) is 36.2 Å². The van der Waals surface area contributed by atoms with E-state index in [1.165, 1.54) is 17.0 Å². The van der Waals surface area contributed by atoms with Gasteiger partial charge in [-0.25, -0.2) is 9.07 Å². The number of fused-ring (bicyclic) bond motifs is 1. The Bertz CT molecular complexity index is 1450. The van der Waals surface area contributed by atoms with Crippen molar-refractivity contribution in [1.82, 2.24) is 24.8 Å². The number of halogens is 1. The monoisotopic (exact) mass is 512 g/mol. The summed E-state index contributed by atoms with van der Waals surface area (Å²) in [6, 6.07) is 22.2. The molecule has 5 rings (SSSR count). The smallest absolute Gasteiger partial charge is 0.258 e. The number of aromatic nitrogens is 3. The Morgan fingerprint density at radius 2 is 1.87 bits per heavy atom. The van der Waals surface area contributed by atoms with Crippen LogP contribution in [0.1, 0.15) is 35.9 Å². The number of anilines is 1. The molecule has 7 nitrogen and oxygen atoms in total. The highest BCUT2D eigenvalue weighted by Gasteiger charge is 2.36. The Labute approximate surface area is 222 Å². The Balaban J connectivity index is 1.55. The number of piperazine rings is 1. The van der Waals surface area contributed by atoms with Crippen LogP contribution in [0.5, 0.6) is 0 Å². The molecule has 1 aliphatic rings. The van der Waals surface area contributed by atoms with Crippen molar-refractivity contribution in [2.75, 3.05) is 31.6 Å². The maximum Gasteiger partial charge on any atom is 0.258 e. The molecule has 8 heteroatoms. The minimum atomic E-state index is -0.382. The van der Waals surface area contributed by atoms with Crippen molar-refractivity contribution < 1.29 is 9.18 Å². The van der Waals surface area contributed by atoms with Crippen molar-refractivity contribution in [2.24, 2.45) is 0 Å². The van der Waals surface area contributed by atoms with Crippen LogP contribution in [0.25, 0.3) is 11.0 Å². The number of hydrogen-bond donors (Lipinski definition) is 0. The lowest BCUT2D eigenvalue weighted by Crippen LogP contribution is -2.58. The van der Waals surface area contributed by atoms with Crippen LogP contribution < -0.4 is 4.90 Å². The van der Waals surface area contributed by atoms with Gasteiger partial charge in [-0.2, -0.15) is 0 Å². The summed E-state index contributed by atoms with van der Waals surface area (Å²) in [7, 11) is 1.66. The number of para-hydroxylation sites is 1. The highest BCUT2D eigenvalue weighted by Crippen LogP contribution is 2.31. The third-order valence-corrected chi connectivity index (χ3v) is 7.38. The zero-order valence-corrected chi connectivity index (χ0v) is 22.0. The first kappa shape index (κ1) is 25.8. The van der Waals surface area contributed by atoms with Crippen LogP contribution in [-0.4, -0.2) is 69.5 Å². The fraction of sp³-hybridized carbons (Fsp3) is 0.300. The van der Waals surface area contributed by atoms with Crippen molar-refractivity contribution in [1.29, 1.82) is 0 Å². The van der Waals surface area contributed by atoms with E-state index in [1.54, 1.807) is 25.2 Å². The summed E-state index contributed by atoms with van der Waals surface area (Å²) < 4.78 is 15.8. The summed E-state index contributed by atoms with van der Waals surface area (Å²) in [6.45, 7) is 10.9. The van der Waals surface area contributed by atoms with E-state index >= 15 is 0 Å². The standard InChI is InChI=1S/C30H33FN6O/c1-5-16-35-19-22(3)36(20-21(35)2)29(37-28-15-7-6-14-27(28)32-33-37)23-10-8-11-24(17-23)30(38)34(4)26-13-9-12-25(31)18-26/h5-15,17-18,21-22,29H,1,16,19-20H2,2-4H3/t21-,22+,29?/m0/s1.